The minimum Gasteiger partial charge on any atom is -0.322 e. The van der Waals surface area contributed by atoms with E-state index in [4.69, 9.17) is 0 Å². The third kappa shape index (κ3) is 1.63. The van der Waals surface area contributed by atoms with Crippen molar-refractivity contribution in [2.45, 2.75) is 0 Å². The highest BCUT2D eigenvalue weighted by Gasteiger charge is 2.16. The SMILES string of the molecule is O=c1ccc2c([N+](=O)[O-])c(Br)ccc2[nH]1. The standard InChI is InChI=1S/C9H5BrN2O3/c10-6-2-3-7-5(9(6)12(14)15)1-4-8(13)11-7/h1-4H,(H,11,13). The van der Waals surface area contributed by atoms with Gasteiger partial charge in [-0.15, -0.1) is 0 Å². The molecule has 0 saturated heterocycles. The summed E-state index contributed by atoms with van der Waals surface area (Å²) in [6.07, 6.45) is 0. The van der Waals surface area contributed by atoms with E-state index in [2.05, 4.69) is 20.9 Å². The number of H-pyrrole nitrogens is 1. The topological polar surface area (TPSA) is 76.0 Å². The molecule has 2 rings (SSSR count). The van der Waals surface area contributed by atoms with Crippen molar-refractivity contribution in [2.75, 3.05) is 0 Å². The van der Waals surface area contributed by atoms with Crippen molar-refractivity contribution < 1.29 is 4.92 Å². The highest BCUT2D eigenvalue weighted by atomic mass is 79.9. The first-order chi connectivity index (χ1) is 7.09. The second-order valence-corrected chi connectivity index (χ2v) is 3.79. The Bertz CT molecular complexity index is 606. The zero-order chi connectivity index (χ0) is 11.0. The maximum atomic E-state index is 11.0. The minimum atomic E-state index is -0.481. The van der Waals surface area contributed by atoms with E-state index in [1.165, 1.54) is 18.2 Å². The molecule has 0 saturated carbocycles. The summed E-state index contributed by atoms with van der Waals surface area (Å²) in [7, 11) is 0. The van der Waals surface area contributed by atoms with Gasteiger partial charge in [0.05, 0.1) is 20.3 Å². The molecule has 0 aliphatic heterocycles. The summed E-state index contributed by atoms with van der Waals surface area (Å²) in [4.78, 5) is 23.9. The fraction of sp³-hybridized carbons (Fsp3) is 0. The van der Waals surface area contributed by atoms with Crippen molar-refractivity contribution >= 4 is 32.5 Å². The number of pyridine rings is 1. The normalized spacial score (nSPS) is 10.5. The first-order valence-electron chi connectivity index (χ1n) is 4.05. The van der Waals surface area contributed by atoms with Gasteiger partial charge in [0.25, 0.3) is 5.69 Å². The number of nitro groups is 1. The van der Waals surface area contributed by atoms with E-state index in [0.717, 1.165) is 0 Å². The molecule has 0 radical (unpaired) electrons. The van der Waals surface area contributed by atoms with Crippen LogP contribution in [0.2, 0.25) is 0 Å². The summed E-state index contributed by atoms with van der Waals surface area (Å²) >= 11 is 3.10. The molecular formula is C9H5BrN2O3. The van der Waals surface area contributed by atoms with Crippen molar-refractivity contribution in [3.63, 3.8) is 0 Å². The Labute approximate surface area is 92.0 Å². The summed E-state index contributed by atoms with van der Waals surface area (Å²) in [5, 5.41) is 11.2. The molecule has 1 N–H and O–H groups in total. The van der Waals surface area contributed by atoms with Crippen LogP contribution in [0.15, 0.2) is 33.5 Å². The number of halogens is 1. The van der Waals surface area contributed by atoms with Gasteiger partial charge in [-0.1, -0.05) is 0 Å². The Morgan fingerprint density at radius 2 is 2.00 bits per heavy atom. The maximum Gasteiger partial charge on any atom is 0.292 e. The number of benzene rings is 1. The molecule has 15 heavy (non-hydrogen) atoms. The molecule has 0 atom stereocenters. The fourth-order valence-electron chi connectivity index (χ4n) is 1.38. The van der Waals surface area contributed by atoms with E-state index in [-0.39, 0.29) is 11.2 Å². The van der Waals surface area contributed by atoms with Crippen LogP contribution in [0.3, 0.4) is 0 Å². The number of aromatic nitrogens is 1. The molecule has 0 amide bonds. The van der Waals surface area contributed by atoms with Crippen molar-refractivity contribution in [1.29, 1.82) is 0 Å². The number of nitro benzene ring substituents is 1. The lowest BCUT2D eigenvalue weighted by Crippen LogP contribution is -2.03. The molecule has 2 aromatic rings. The molecular weight excluding hydrogens is 264 g/mol. The molecule has 0 spiro atoms. The average molecular weight is 269 g/mol. The van der Waals surface area contributed by atoms with Gasteiger partial charge in [0.1, 0.15) is 0 Å². The van der Waals surface area contributed by atoms with Crippen molar-refractivity contribution in [3.8, 4) is 0 Å². The summed E-state index contributed by atoms with van der Waals surface area (Å²) in [5.41, 5.74) is 0.139. The molecule has 0 aliphatic rings. The van der Waals surface area contributed by atoms with Crippen molar-refractivity contribution in [2.24, 2.45) is 0 Å². The van der Waals surface area contributed by atoms with E-state index in [1.807, 2.05) is 0 Å². The first kappa shape index (κ1) is 9.85. The smallest absolute Gasteiger partial charge is 0.292 e. The number of aromatic amines is 1. The highest BCUT2D eigenvalue weighted by molar-refractivity contribution is 9.10. The summed E-state index contributed by atoms with van der Waals surface area (Å²) in [5.74, 6) is 0. The van der Waals surface area contributed by atoms with Gasteiger partial charge < -0.3 is 4.98 Å². The van der Waals surface area contributed by atoms with Crippen LogP contribution in [0, 0.1) is 10.1 Å². The minimum absolute atomic E-state index is 0.0382. The predicted molar refractivity (Wildman–Crippen MR) is 58.9 cm³/mol. The van der Waals surface area contributed by atoms with E-state index in [1.54, 1.807) is 6.07 Å². The molecule has 0 aliphatic carbocycles. The average Bonchev–Trinajstić information content (AvgIpc) is 2.17. The molecule has 0 fully saturated rings. The second kappa shape index (κ2) is 3.47. The van der Waals surface area contributed by atoms with Gasteiger partial charge in [0.15, 0.2) is 0 Å². The molecule has 0 bridgehead atoms. The molecule has 1 heterocycles. The molecule has 76 valence electrons. The van der Waals surface area contributed by atoms with Crippen LogP contribution in [-0.2, 0) is 0 Å². The lowest BCUT2D eigenvalue weighted by atomic mass is 10.2. The van der Waals surface area contributed by atoms with Crippen LogP contribution in [0.1, 0.15) is 0 Å². The molecule has 1 aromatic heterocycles. The van der Waals surface area contributed by atoms with Crippen molar-refractivity contribution in [1.82, 2.24) is 4.98 Å². The molecule has 0 unspecified atom stereocenters. The van der Waals surface area contributed by atoms with Crippen LogP contribution in [0.5, 0.6) is 0 Å². The largest absolute Gasteiger partial charge is 0.322 e. The van der Waals surface area contributed by atoms with Gasteiger partial charge in [0.2, 0.25) is 5.56 Å². The van der Waals surface area contributed by atoms with E-state index < -0.39 is 4.92 Å². The molecule has 6 heteroatoms. The summed E-state index contributed by atoms with van der Waals surface area (Å²) < 4.78 is 0.395. The fourth-order valence-corrected chi connectivity index (χ4v) is 1.87. The third-order valence-electron chi connectivity index (χ3n) is 2.01. The van der Waals surface area contributed by atoms with Crippen LogP contribution in [0.25, 0.3) is 10.9 Å². The van der Waals surface area contributed by atoms with E-state index in [9.17, 15) is 14.9 Å². The predicted octanol–water partition coefficient (Wildman–Crippen LogP) is 2.20. The molecule has 1 aromatic carbocycles. The lowest BCUT2D eigenvalue weighted by Gasteiger charge is -2.00. The zero-order valence-electron chi connectivity index (χ0n) is 7.36. The van der Waals surface area contributed by atoms with Gasteiger partial charge in [-0.05, 0) is 34.1 Å². The van der Waals surface area contributed by atoms with E-state index in [0.29, 0.717) is 15.4 Å². The number of rotatable bonds is 1. The van der Waals surface area contributed by atoms with E-state index >= 15 is 0 Å². The maximum absolute atomic E-state index is 11.0. The van der Waals surface area contributed by atoms with Gasteiger partial charge in [0, 0.05) is 6.07 Å². The number of nitrogens with one attached hydrogen (secondary N) is 1. The highest BCUT2D eigenvalue weighted by Crippen LogP contribution is 2.31. The Kier molecular flexibility index (Phi) is 2.28. The van der Waals surface area contributed by atoms with Crippen LogP contribution >= 0.6 is 15.9 Å². The van der Waals surface area contributed by atoms with Crippen molar-refractivity contribution in [3.05, 3.63) is 49.2 Å². The second-order valence-electron chi connectivity index (χ2n) is 2.94. The van der Waals surface area contributed by atoms with Crippen LogP contribution in [-0.4, -0.2) is 9.91 Å². The summed E-state index contributed by atoms with van der Waals surface area (Å²) in [6, 6.07) is 5.86. The Morgan fingerprint density at radius 3 is 2.67 bits per heavy atom. The van der Waals surface area contributed by atoms with Gasteiger partial charge in [-0.25, -0.2) is 0 Å². The Balaban J connectivity index is 2.94. The quantitative estimate of drug-likeness (QED) is 0.636. The third-order valence-corrected chi connectivity index (χ3v) is 2.65. The molecule has 5 nitrogen and oxygen atoms in total. The Morgan fingerprint density at radius 1 is 1.27 bits per heavy atom. The van der Waals surface area contributed by atoms with Gasteiger partial charge in [-0.3, -0.25) is 14.9 Å². The first-order valence-corrected chi connectivity index (χ1v) is 4.85. The summed E-state index contributed by atoms with van der Waals surface area (Å²) in [6.45, 7) is 0. The van der Waals surface area contributed by atoms with Gasteiger partial charge in [-0.2, -0.15) is 0 Å². The Hall–Kier alpha value is -1.69. The van der Waals surface area contributed by atoms with Crippen LogP contribution < -0.4 is 5.56 Å². The van der Waals surface area contributed by atoms with Gasteiger partial charge >= 0.3 is 0 Å². The monoisotopic (exact) mass is 268 g/mol. The number of fused-ring (bicyclic) bond motifs is 1. The number of hydrogen-bond donors (Lipinski definition) is 1. The van der Waals surface area contributed by atoms with Crippen LogP contribution in [0.4, 0.5) is 5.69 Å². The zero-order valence-corrected chi connectivity index (χ0v) is 8.95. The number of nitrogens with zero attached hydrogens (tertiary/aromatic N) is 1. The number of hydrogen-bond acceptors (Lipinski definition) is 3. The lowest BCUT2D eigenvalue weighted by molar-refractivity contribution is -0.383.